The number of nitrogens with zero attached hydrogens (tertiary/aromatic N) is 4. The van der Waals surface area contributed by atoms with E-state index in [-0.39, 0.29) is 5.91 Å². The standard InChI is InChI=1S/C31H39N5O/c1-5-24(3)30(32-27-13-15-28(16-14-27)35-22-20-34(4)21-23-35)33-31-26(6-2)12-17-29(37)36(31)19-18-25-10-8-7-9-11-25/h6-17,32H,5,18-23H2,1-4H3/b26-6-,30-24+,33-31+. The molecule has 1 saturated heterocycles. The molecule has 0 bridgehead atoms. The van der Waals surface area contributed by atoms with Crippen LogP contribution in [0.4, 0.5) is 11.4 Å². The van der Waals surface area contributed by atoms with Crippen LogP contribution in [0.15, 0.2) is 94.8 Å². The van der Waals surface area contributed by atoms with E-state index in [2.05, 4.69) is 72.4 Å². The molecule has 194 valence electrons. The number of nitrogens with one attached hydrogen (secondary N) is 1. The van der Waals surface area contributed by atoms with Gasteiger partial charge in [-0.1, -0.05) is 43.3 Å². The SMILES string of the molecule is C/C=C1/C=CC(=O)N(CCc2ccccc2)/C1=N/C(Nc1ccc(N2CCN(C)CC2)cc1)=C(\C)CC. The van der Waals surface area contributed by atoms with Crippen LogP contribution in [0.2, 0.25) is 0 Å². The Morgan fingerprint density at radius 1 is 1.00 bits per heavy atom. The van der Waals surface area contributed by atoms with Gasteiger partial charge in [-0.2, -0.15) is 0 Å². The Kier molecular flexibility index (Phi) is 8.96. The maximum atomic E-state index is 13.0. The van der Waals surface area contributed by atoms with Crippen LogP contribution in [0.1, 0.15) is 32.8 Å². The lowest BCUT2D eigenvalue weighted by Gasteiger charge is -2.34. The van der Waals surface area contributed by atoms with E-state index in [9.17, 15) is 4.79 Å². The molecule has 1 fully saturated rings. The first-order valence-corrected chi connectivity index (χ1v) is 13.3. The molecule has 2 heterocycles. The van der Waals surface area contributed by atoms with Gasteiger partial charge in [-0.05, 0) is 75.2 Å². The Hall–Kier alpha value is -3.64. The normalized spacial score (nSPS) is 19.5. The third-order valence-electron chi connectivity index (χ3n) is 7.11. The van der Waals surface area contributed by atoms with Crippen molar-refractivity contribution in [3.05, 3.63) is 95.4 Å². The molecule has 0 saturated carbocycles. The maximum Gasteiger partial charge on any atom is 0.252 e. The Labute approximate surface area is 221 Å². The molecule has 0 aromatic heterocycles. The van der Waals surface area contributed by atoms with Crippen molar-refractivity contribution in [3.63, 3.8) is 0 Å². The summed E-state index contributed by atoms with van der Waals surface area (Å²) in [6.07, 6.45) is 7.14. The zero-order valence-corrected chi connectivity index (χ0v) is 22.6. The summed E-state index contributed by atoms with van der Waals surface area (Å²) in [6, 6.07) is 18.9. The third-order valence-corrected chi connectivity index (χ3v) is 7.11. The summed E-state index contributed by atoms with van der Waals surface area (Å²) < 4.78 is 0. The van der Waals surface area contributed by atoms with Crippen LogP contribution >= 0.6 is 0 Å². The number of likely N-dealkylation sites (N-methyl/N-ethyl adjacent to an activating group) is 1. The molecular weight excluding hydrogens is 458 g/mol. The highest BCUT2D eigenvalue weighted by molar-refractivity contribution is 6.15. The summed E-state index contributed by atoms with van der Waals surface area (Å²) in [5.41, 5.74) is 5.51. The molecule has 37 heavy (non-hydrogen) atoms. The highest BCUT2D eigenvalue weighted by Gasteiger charge is 2.24. The highest BCUT2D eigenvalue weighted by atomic mass is 16.2. The second kappa shape index (κ2) is 12.5. The fourth-order valence-electron chi connectivity index (χ4n) is 4.50. The molecule has 2 aliphatic heterocycles. The first kappa shape index (κ1) is 26.4. The topological polar surface area (TPSA) is 51.2 Å². The number of carbonyl (C=O) groups is 1. The number of allylic oxidation sites excluding steroid dienone is 2. The van der Waals surface area contributed by atoms with Crippen molar-refractivity contribution >= 4 is 23.1 Å². The molecule has 0 aliphatic carbocycles. The van der Waals surface area contributed by atoms with Crippen molar-refractivity contribution in [1.82, 2.24) is 9.80 Å². The Morgan fingerprint density at radius 3 is 2.35 bits per heavy atom. The van der Waals surface area contributed by atoms with Crippen molar-refractivity contribution in [1.29, 1.82) is 0 Å². The molecule has 0 atom stereocenters. The number of hydrogen-bond acceptors (Lipinski definition) is 5. The third kappa shape index (κ3) is 6.77. The molecule has 0 spiro atoms. The van der Waals surface area contributed by atoms with Gasteiger partial charge < -0.3 is 15.1 Å². The van der Waals surface area contributed by atoms with E-state index in [1.165, 1.54) is 11.3 Å². The molecule has 2 aromatic rings. The number of rotatable bonds is 8. The summed E-state index contributed by atoms with van der Waals surface area (Å²) in [6.45, 7) is 11.0. The predicted molar refractivity (Wildman–Crippen MR) is 155 cm³/mol. The summed E-state index contributed by atoms with van der Waals surface area (Å²) in [4.78, 5) is 24.6. The van der Waals surface area contributed by atoms with E-state index in [0.717, 1.165) is 61.7 Å². The summed E-state index contributed by atoms with van der Waals surface area (Å²) in [5, 5.41) is 3.54. The van der Waals surface area contributed by atoms with Crippen LogP contribution in [0.25, 0.3) is 0 Å². The van der Waals surface area contributed by atoms with Gasteiger partial charge in [-0.25, -0.2) is 4.99 Å². The average Bonchev–Trinajstić information content (AvgIpc) is 2.93. The lowest BCUT2D eigenvalue weighted by Crippen LogP contribution is -2.44. The number of hydrogen-bond donors (Lipinski definition) is 1. The molecule has 2 aromatic carbocycles. The minimum absolute atomic E-state index is 0.0367. The number of amides is 1. The zero-order chi connectivity index (χ0) is 26.2. The van der Waals surface area contributed by atoms with E-state index in [1.54, 1.807) is 11.0 Å². The summed E-state index contributed by atoms with van der Waals surface area (Å²) in [5.74, 6) is 1.44. The van der Waals surface area contributed by atoms with Gasteiger partial charge in [0.15, 0.2) is 0 Å². The number of aliphatic imine (C=N–C) groups is 1. The van der Waals surface area contributed by atoms with E-state index in [4.69, 9.17) is 4.99 Å². The van der Waals surface area contributed by atoms with Gasteiger partial charge in [-0.3, -0.25) is 9.69 Å². The zero-order valence-electron chi connectivity index (χ0n) is 22.6. The molecule has 4 rings (SSSR count). The first-order valence-electron chi connectivity index (χ1n) is 13.3. The largest absolute Gasteiger partial charge is 0.369 e. The summed E-state index contributed by atoms with van der Waals surface area (Å²) in [7, 11) is 2.17. The van der Waals surface area contributed by atoms with Gasteiger partial charge in [0.1, 0.15) is 11.7 Å². The quantitative estimate of drug-likeness (QED) is 0.525. The smallest absolute Gasteiger partial charge is 0.252 e. The van der Waals surface area contributed by atoms with E-state index in [1.807, 2.05) is 37.3 Å². The maximum absolute atomic E-state index is 13.0. The number of anilines is 2. The molecule has 6 nitrogen and oxygen atoms in total. The van der Waals surface area contributed by atoms with Crippen LogP contribution < -0.4 is 10.2 Å². The molecule has 0 unspecified atom stereocenters. The Balaban J connectivity index is 1.57. The van der Waals surface area contributed by atoms with Crippen LogP contribution in [-0.4, -0.2) is 61.3 Å². The first-order chi connectivity index (χ1) is 18.0. The lowest BCUT2D eigenvalue weighted by molar-refractivity contribution is -0.122. The number of amidine groups is 1. The average molecular weight is 498 g/mol. The van der Waals surface area contributed by atoms with Gasteiger partial charge in [0, 0.05) is 55.7 Å². The fourth-order valence-corrected chi connectivity index (χ4v) is 4.50. The molecule has 2 aliphatic rings. The van der Waals surface area contributed by atoms with Crippen LogP contribution in [-0.2, 0) is 11.2 Å². The highest BCUT2D eigenvalue weighted by Crippen LogP contribution is 2.23. The molecule has 1 N–H and O–H groups in total. The second-order valence-electron chi connectivity index (χ2n) is 9.68. The van der Waals surface area contributed by atoms with Crippen LogP contribution in [0.3, 0.4) is 0 Å². The van der Waals surface area contributed by atoms with Crippen LogP contribution in [0, 0.1) is 0 Å². The van der Waals surface area contributed by atoms with Crippen molar-refractivity contribution in [2.24, 2.45) is 4.99 Å². The Bertz CT molecular complexity index is 1190. The fraction of sp³-hybridized carbons (Fsp3) is 0.355. The summed E-state index contributed by atoms with van der Waals surface area (Å²) >= 11 is 0. The van der Waals surface area contributed by atoms with E-state index >= 15 is 0 Å². The van der Waals surface area contributed by atoms with Crippen LogP contribution in [0.5, 0.6) is 0 Å². The Morgan fingerprint density at radius 2 is 1.70 bits per heavy atom. The molecule has 1 amide bonds. The molecule has 6 heteroatoms. The van der Waals surface area contributed by atoms with Gasteiger partial charge >= 0.3 is 0 Å². The van der Waals surface area contributed by atoms with Gasteiger partial charge in [0.2, 0.25) is 0 Å². The van der Waals surface area contributed by atoms with Crippen molar-refractivity contribution < 1.29 is 4.79 Å². The number of piperazine rings is 1. The predicted octanol–water partition coefficient (Wildman–Crippen LogP) is 5.48. The minimum atomic E-state index is -0.0367. The van der Waals surface area contributed by atoms with Gasteiger partial charge in [0.25, 0.3) is 5.91 Å². The monoisotopic (exact) mass is 497 g/mol. The van der Waals surface area contributed by atoms with E-state index in [0.29, 0.717) is 12.4 Å². The van der Waals surface area contributed by atoms with Crippen molar-refractivity contribution in [2.75, 3.05) is 50.0 Å². The number of benzene rings is 2. The van der Waals surface area contributed by atoms with Crippen molar-refractivity contribution in [2.45, 2.75) is 33.6 Å². The van der Waals surface area contributed by atoms with E-state index < -0.39 is 0 Å². The van der Waals surface area contributed by atoms with Gasteiger partial charge in [-0.15, -0.1) is 0 Å². The second-order valence-corrected chi connectivity index (χ2v) is 9.68. The number of carbonyl (C=O) groups excluding carboxylic acids is 1. The molecule has 0 radical (unpaired) electrons. The van der Waals surface area contributed by atoms with Gasteiger partial charge in [0.05, 0.1) is 0 Å². The van der Waals surface area contributed by atoms with Crippen molar-refractivity contribution in [3.8, 4) is 0 Å². The lowest BCUT2D eigenvalue weighted by atomic mass is 10.1. The minimum Gasteiger partial charge on any atom is -0.369 e. The molecular formula is C31H39N5O.